The lowest BCUT2D eigenvalue weighted by Crippen LogP contribution is -2.20. The number of hydrogen-bond donors (Lipinski definition) is 2. The van der Waals surface area contributed by atoms with E-state index in [9.17, 15) is 4.79 Å². The fourth-order valence-electron chi connectivity index (χ4n) is 3.77. The van der Waals surface area contributed by atoms with E-state index in [2.05, 4.69) is 10.3 Å². The monoisotopic (exact) mass is 272 g/mol. The largest absolute Gasteiger partial charge is 0.316 e. The van der Waals surface area contributed by atoms with Crippen molar-refractivity contribution in [1.29, 1.82) is 0 Å². The molecule has 106 valence electrons. The lowest BCUT2D eigenvalue weighted by atomic mass is 9.88. The molecule has 0 saturated carbocycles. The molecule has 1 fully saturated rings. The summed E-state index contributed by atoms with van der Waals surface area (Å²) in [5.74, 6) is 0.482. The average Bonchev–Trinajstić information content (AvgIpc) is 3.08. The molecule has 4 rings (SSSR count). The number of pyridine rings is 1. The Labute approximate surface area is 117 Å². The minimum absolute atomic E-state index is 0.0892. The predicted octanol–water partition coefficient (Wildman–Crippen LogP) is 1.22. The van der Waals surface area contributed by atoms with Crippen LogP contribution >= 0.6 is 0 Å². The van der Waals surface area contributed by atoms with Crippen molar-refractivity contribution in [2.45, 2.75) is 38.0 Å². The van der Waals surface area contributed by atoms with Gasteiger partial charge in [0.15, 0.2) is 0 Å². The van der Waals surface area contributed by atoms with Crippen LogP contribution in [0.2, 0.25) is 0 Å². The number of hydrogen-bond acceptors (Lipinski definition) is 3. The SMILES string of the molecule is Cn1nc(C2CCNC2)c2c3c(c(=O)[nH]c21)CCCC3. The Morgan fingerprint density at radius 1 is 1.25 bits per heavy atom. The normalized spacial score (nSPS) is 22.4. The van der Waals surface area contributed by atoms with E-state index in [0.29, 0.717) is 5.92 Å². The Hall–Kier alpha value is -1.62. The Balaban J connectivity index is 2.03. The maximum absolute atomic E-state index is 12.3. The number of nitrogens with zero attached hydrogens (tertiary/aromatic N) is 2. The Morgan fingerprint density at radius 3 is 2.80 bits per heavy atom. The first-order chi connectivity index (χ1) is 9.75. The molecule has 0 aromatic carbocycles. The molecule has 2 N–H and O–H groups in total. The fourth-order valence-corrected chi connectivity index (χ4v) is 3.77. The molecule has 1 unspecified atom stereocenters. The van der Waals surface area contributed by atoms with Crippen LogP contribution in [0.15, 0.2) is 4.79 Å². The zero-order valence-electron chi connectivity index (χ0n) is 11.8. The van der Waals surface area contributed by atoms with Crippen LogP contribution in [0.5, 0.6) is 0 Å². The molecule has 1 aliphatic heterocycles. The molecule has 2 aliphatic rings. The third-order valence-corrected chi connectivity index (χ3v) is 4.80. The quantitative estimate of drug-likeness (QED) is 0.820. The van der Waals surface area contributed by atoms with Crippen LogP contribution in [0, 0.1) is 0 Å². The van der Waals surface area contributed by atoms with Gasteiger partial charge >= 0.3 is 0 Å². The first-order valence-corrected chi connectivity index (χ1v) is 7.57. The van der Waals surface area contributed by atoms with Gasteiger partial charge in [0.1, 0.15) is 5.65 Å². The second-order valence-electron chi connectivity index (χ2n) is 6.04. The lowest BCUT2D eigenvalue weighted by molar-refractivity contribution is 0.679. The van der Waals surface area contributed by atoms with Crippen LogP contribution in [-0.4, -0.2) is 27.9 Å². The zero-order valence-corrected chi connectivity index (χ0v) is 11.8. The molecule has 0 radical (unpaired) electrons. The van der Waals surface area contributed by atoms with Crippen LogP contribution in [0.25, 0.3) is 11.0 Å². The summed E-state index contributed by atoms with van der Waals surface area (Å²) in [6, 6.07) is 0. The van der Waals surface area contributed by atoms with E-state index in [1.54, 1.807) is 0 Å². The molecule has 20 heavy (non-hydrogen) atoms. The molecule has 0 bridgehead atoms. The van der Waals surface area contributed by atoms with Gasteiger partial charge in [-0.1, -0.05) is 0 Å². The number of aromatic amines is 1. The summed E-state index contributed by atoms with van der Waals surface area (Å²) in [7, 11) is 1.93. The molecule has 0 amide bonds. The van der Waals surface area contributed by atoms with Crippen molar-refractivity contribution in [3.05, 3.63) is 27.2 Å². The highest BCUT2D eigenvalue weighted by atomic mass is 16.1. The molecule has 1 aliphatic carbocycles. The summed E-state index contributed by atoms with van der Waals surface area (Å²) in [6.45, 7) is 2.06. The van der Waals surface area contributed by atoms with Crippen LogP contribution in [-0.2, 0) is 19.9 Å². The number of nitrogens with one attached hydrogen (secondary N) is 2. The summed E-state index contributed by atoms with van der Waals surface area (Å²) in [4.78, 5) is 15.3. The van der Waals surface area contributed by atoms with Gasteiger partial charge in [0.25, 0.3) is 5.56 Å². The zero-order chi connectivity index (χ0) is 13.7. The Bertz CT molecular complexity index is 722. The Kier molecular flexibility index (Phi) is 2.70. The molecule has 1 atom stereocenters. The van der Waals surface area contributed by atoms with Crippen LogP contribution in [0.4, 0.5) is 0 Å². The second kappa shape index (κ2) is 4.45. The van der Waals surface area contributed by atoms with Crippen LogP contribution in [0.3, 0.4) is 0 Å². The maximum Gasteiger partial charge on any atom is 0.253 e. The smallest absolute Gasteiger partial charge is 0.253 e. The fraction of sp³-hybridized carbons (Fsp3) is 0.600. The minimum Gasteiger partial charge on any atom is -0.316 e. The average molecular weight is 272 g/mol. The predicted molar refractivity (Wildman–Crippen MR) is 78.2 cm³/mol. The van der Waals surface area contributed by atoms with Crippen LogP contribution in [0.1, 0.15) is 42.0 Å². The number of rotatable bonds is 1. The lowest BCUT2D eigenvalue weighted by Gasteiger charge is -2.17. The summed E-state index contributed by atoms with van der Waals surface area (Å²) in [5, 5.41) is 9.37. The molecular formula is C15H20N4O. The first kappa shape index (κ1) is 12.1. The van der Waals surface area contributed by atoms with E-state index in [1.807, 2.05) is 11.7 Å². The third-order valence-electron chi connectivity index (χ3n) is 4.80. The van der Waals surface area contributed by atoms with Gasteiger partial charge in [-0.2, -0.15) is 5.10 Å². The molecule has 0 spiro atoms. The molecular weight excluding hydrogens is 252 g/mol. The van der Waals surface area contributed by atoms with Gasteiger partial charge in [0, 0.05) is 30.5 Å². The van der Waals surface area contributed by atoms with E-state index >= 15 is 0 Å². The minimum atomic E-state index is 0.0892. The highest BCUT2D eigenvalue weighted by Gasteiger charge is 2.27. The number of aromatic nitrogens is 3. The van der Waals surface area contributed by atoms with Crippen molar-refractivity contribution in [3.8, 4) is 0 Å². The number of fused-ring (bicyclic) bond motifs is 3. The van der Waals surface area contributed by atoms with Gasteiger partial charge in [0.05, 0.1) is 5.69 Å². The standard InChI is InChI=1S/C15H20N4O/c1-19-14-12(13(18-19)9-6-7-16-8-9)10-4-2-3-5-11(10)15(20)17-14/h9,16H,2-8H2,1H3,(H,17,20). The highest BCUT2D eigenvalue weighted by Crippen LogP contribution is 2.33. The molecule has 5 heteroatoms. The van der Waals surface area contributed by atoms with Gasteiger partial charge < -0.3 is 10.3 Å². The summed E-state index contributed by atoms with van der Waals surface area (Å²) < 4.78 is 1.85. The van der Waals surface area contributed by atoms with E-state index in [1.165, 1.54) is 23.1 Å². The summed E-state index contributed by atoms with van der Waals surface area (Å²) in [6.07, 6.45) is 5.39. The van der Waals surface area contributed by atoms with Gasteiger partial charge in [-0.15, -0.1) is 0 Å². The van der Waals surface area contributed by atoms with Gasteiger partial charge in [-0.25, -0.2) is 0 Å². The second-order valence-corrected chi connectivity index (χ2v) is 6.04. The van der Waals surface area contributed by atoms with Gasteiger partial charge in [-0.05, 0) is 44.2 Å². The summed E-state index contributed by atoms with van der Waals surface area (Å²) in [5.41, 5.74) is 4.44. The highest BCUT2D eigenvalue weighted by molar-refractivity contribution is 5.84. The van der Waals surface area contributed by atoms with Crippen molar-refractivity contribution in [3.63, 3.8) is 0 Å². The number of aryl methyl sites for hydroxylation is 2. The van der Waals surface area contributed by atoms with E-state index in [-0.39, 0.29) is 5.56 Å². The van der Waals surface area contributed by atoms with E-state index < -0.39 is 0 Å². The summed E-state index contributed by atoms with van der Waals surface area (Å²) >= 11 is 0. The topological polar surface area (TPSA) is 62.7 Å². The van der Waals surface area contributed by atoms with Gasteiger partial charge in [-0.3, -0.25) is 9.48 Å². The van der Waals surface area contributed by atoms with E-state index in [0.717, 1.165) is 50.0 Å². The molecule has 2 aromatic rings. The molecule has 5 nitrogen and oxygen atoms in total. The molecule has 3 heterocycles. The molecule has 2 aromatic heterocycles. The van der Waals surface area contributed by atoms with Gasteiger partial charge in [0.2, 0.25) is 0 Å². The van der Waals surface area contributed by atoms with Crippen LogP contribution < -0.4 is 10.9 Å². The van der Waals surface area contributed by atoms with Crippen molar-refractivity contribution < 1.29 is 0 Å². The number of H-pyrrole nitrogens is 1. The Morgan fingerprint density at radius 2 is 2.05 bits per heavy atom. The molecule has 1 saturated heterocycles. The first-order valence-electron chi connectivity index (χ1n) is 7.57. The van der Waals surface area contributed by atoms with Crippen molar-refractivity contribution >= 4 is 11.0 Å². The van der Waals surface area contributed by atoms with Crippen molar-refractivity contribution in [2.75, 3.05) is 13.1 Å². The third kappa shape index (κ3) is 1.66. The maximum atomic E-state index is 12.3. The van der Waals surface area contributed by atoms with E-state index in [4.69, 9.17) is 5.10 Å². The van der Waals surface area contributed by atoms with Crippen molar-refractivity contribution in [2.24, 2.45) is 7.05 Å². The van der Waals surface area contributed by atoms with Crippen molar-refractivity contribution in [1.82, 2.24) is 20.1 Å².